The number of nitrogens with one attached hydrogen (secondary N) is 1. The van der Waals surface area contributed by atoms with Gasteiger partial charge in [0.15, 0.2) is 0 Å². The summed E-state index contributed by atoms with van der Waals surface area (Å²) in [6.45, 7) is 2.21. The highest BCUT2D eigenvalue weighted by Crippen LogP contribution is 2.18. The molecule has 0 aliphatic heterocycles. The molecule has 0 aromatic carbocycles. The van der Waals surface area contributed by atoms with Gasteiger partial charge in [-0.2, -0.15) is 0 Å². The van der Waals surface area contributed by atoms with Crippen molar-refractivity contribution in [2.75, 3.05) is 0 Å². The van der Waals surface area contributed by atoms with Crippen molar-refractivity contribution in [2.45, 2.75) is 89.0 Å². The number of hydrogen-bond acceptors (Lipinski definition) is 1. The first kappa shape index (κ1) is 15.8. The lowest BCUT2D eigenvalue weighted by molar-refractivity contribution is -0.121. The quantitative estimate of drug-likeness (QED) is 0.515. The minimum absolute atomic E-state index is 0.0547. The van der Waals surface area contributed by atoms with Crippen molar-refractivity contribution >= 4 is 17.5 Å². The predicted octanol–water partition coefficient (Wildman–Crippen LogP) is 4.40. The van der Waals surface area contributed by atoms with Crippen molar-refractivity contribution in [2.24, 2.45) is 0 Å². The highest BCUT2D eigenvalue weighted by molar-refractivity contribution is 6.30. The van der Waals surface area contributed by atoms with Crippen LogP contribution in [-0.2, 0) is 4.79 Å². The van der Waals surface area contributed by atoms with Crippen LogP contribution in [-0.4, -0.2) is 17.3 Å². The zero-order valence-corrected chi connectivity index (χ0v) is 12.5. The maximum absolute atomic E-state index is 11.9. The van der Waals surface area contributed by atoms with Crippen LogP contribution in [0.15, 0.2) is 0 Å². The molecule has 2 nitrogen and oxygen atoms in total. The highest BCUT2D eigenvalue weighted by atomic mass is 35.5. The largest absolute Gasteiger partial charge is 0.352 e. The fourth-order valence-electron chi connectivity index (χ4n) is 2.60. The second-order valence-corrected chi connectivity index (χ2v) is 6.04. The summed E-state index contributed by atoms with van der Waals surface area (Å²) >= 11 is 6.15. The average molecular weight is 274 g/mol. The van der Waals surface area contributed by atoms with Crippen LogP contribution in [0.2, 0.25) is 0 Å². The number of alkyl halides is 1. The summed E-state index contributed by atoms with van der Waals surface area (Å²) in [5, 5.41) is 2.77. The average Bonchev–Trinajstić information content (AvgIpc) is 2.39. The maximum atomic E-state index is 11.9. The zero-order chi connectivity index (χ0) is 13.2. The van der Waals surface area contributed by atoms with E-state index >= 15 is 0 Å². The van der Waals surface area contributed by atoms with Crippen LogP contribution in [0, 0.1) is 0 Å². The van der Waals surface area contributed by atoms with Crippen LogP contribution in [0.1, 0.15) is 77.6 Å². The van der Waals surface area contributed by atoms with Crippen LogP contribution in [0.3, 0.4) is 0 Å². The first-order chi connectivity index (χ1) is 8.74. The first-order valence-electron chi connectivity index (χ1n) is 7.68. The number of amides is 1. The third-order valence-corrected chi connectivity index (χ3v) is 4.21. The lowest BCUT2D eigenvalue weighted by Crippen LogP contribution is -2.40. The second kappa shape index (κ2) is 9.66. The number of hydrogen-bond donors (Lipinski definition) is 1. The molecule has 1 rings (SSSR count). The van der Waals surface area contributed by atoms with Crippen LogP contribution in [0.4, 0.5) is 0 Å². The fourth-order valence-corrected chi connectivity index (χ4v) is 2.81. The number of rotatable bonds is 8. The van der Waals surface area contributed by atoms with Crippen LogP contribution in [0.25, 0.3) is 0 Å². The van der Waals surface area contributed by atoms with Crippen molar-refractivity contribution in [3.63, 3.8) is 0 Å². The van der Waals surface area contributed by atoms with Crippen molar-refractivity contribution in [1.82, 2.24) is 5.32 Å². The number of unbranched alkanes of at least 4 members (excludes halogenated alkanes) is 4. The molecule has 1 N–H and O–H groups in total. The van der Waals surface area contributed by atoms with E-state index in [1.54, 1.807) is 0 Å². The Kier molecular flexibility index (Phi) is 8.49. The van der Waals surface area contributed by atoms with Gasteiger partial charge in [-0.15, -0.1) is 11.6 Å². The molecule has 0 aromatic rings. The van der Waals surface area contributed by atoms with Crippen LogP contribution in [0.5, 0.6) is 0 Å². The van der Waals surface area contributed by atoms with Crippen molar-refractivity contribution in [3.8, 4) is 0 Å². The van der Waals surface area contributed by atoms with Gasteiger partial charge in [0.2, 0.25) is 5.91 Å². The van der Waals surface area contributed by atoms with Gasteiger partial charge in [0, 0.05) is 6.04 Å². The molecule has 1 aliphatic rings. The summed E-state index contributed by atoms with van der Waals surface area (Å²) in [4.78, 5) is 11.9. The molecule has 1 unspecified atom stereocenters. The summed E-state index contributed by atoms with van der Waals surface area (Å²) in [5.41, 5.74) is 0. The molecule has 1 saturated carbocycles. The van der Waals surface area contributed by atoms with E-state index in [-0.39, 0.29) is 11.3 Å². The molecule has 1 atom stereocenters. The molecule has 0 heterocycles. The van der Waals surface area contributed by atoms with E-state index in [1.807, 2.05) is 0 Å². The first-order valence-corrected chi connectivity index (χ1v) is 8.12. The molecule has 3 heteroatoms. The predicted molar refractivity (Wildman–Crippen MR) is 78.0 cm³/mol. The molecule has 1 fully saturated rings. The van der Waals surface area contributed by atoms with E-state index in [0.29, 0.717) is 6.04 Å². The monoisotopic (exact) mass is 273 g/mol. The van der Waals surface area contributed by atoms with E-state index in [9.17, 15) is 4.79 Å². The molecule has 0 saturated heterocycles. The Balaban J connectivity index is 2.08. The maximum Gasteiger partial charge on any atom is 0.238 e. The van der Waals surface area contributed by atoms with Crippen LogP contribution < -0.4 is 5.32 Å². The molecule has 106 valence electrons. The third-order valence-electron chi connectivity index (χ3n) is 3.80. The third kappa shape index (κ3) is 6.63. The Hall–Kier alpha value is -0.240. The van der Waals surface area contributed by atoms with E-state index < -0.39 is 0 Å². The van der Waals surface area contributed by atoms with Crippen molar-refractivity contribution < 1.29 is 4.79 Å². The zero-order valence-electron chi connectivity index (χ0n) is 11.7. The van der Waals surface area contributed by atoms with E-state index in [4.69, 9.17) is 11.6 Å². The lowest BCUT2D eigenvalue weighted by Gasteiger charge is -2.23. The lowest BCUT2D eigenvalue weighted by atomic mass is 9.95. The fraction of sp³-hybridized carbons (Fsp3) is 0.933. The van der Waals surface area contributed by atoms with Gasteiger partial charge in [0.05, 0.1) is 0 Å². The Morgan fingerprint density at radius 2 is 1.83 bits per heavy atom. The van der Waals surface area contributed by atoms with E-state index in [0.717, 1.165) is 25.7 Å². The SMILES string of the molecule is CCCCCCCC(Cl)C(=O)NC1CCCCC1. The highest BCUT2D eigenvalue weighted by Gasteiger charge is 2.20. The number of carbonyl (C=O) groups excluding carboxylic acids is 1. The molecular formula is C15H28ClNO. The van der Waals surface area contributed by atoms with Crippen molar-refractivity contribution in [3.05, 3.63) is 0 Å². The topological polar surface area (TPSA) is 29.1 Å². The Labute approximate surface area is 117 Å². The molecular weight excluding hydrogens is 246 g/mol. The summed E-state index contributed by atoms with van der Waals surface area (Å²) in [6, 6.07) is 0.382. The molecule has 1 aliphatic carbocycles. The van der Waals surface area contributed by atoms with Gasteiger partial charge >= 0.3 is 0 Å². The van der Waals surface area contributed by atoms with Gasteiger partial charge in [-0.1, -0.05) is 58.3 Å². The standard InChI is InChI=1S/C15H28ClNO/c1-2-3-4-5-9-12-14(16)15(18)17-13-10-7-6-8-11-13/h13-14H,2-12H2,1H3,(H,17,18). The minimum atomic E-state index is -0.325. The summed E-state index contributed by atoms with van der Waals surface area (Å²) < 4.78 is 0. The molecule has 0 radical (unpaired) electrons. The smallest absolute Gasteiger partial charge is 0.238 e. The second-order valence-electron chi connectivity index (χ2n) is 5.51. The number of halogens is 1. The summed E-state index contributed by atoms with van der Waals surface area (Å²) in [5.74, 6) is 0.0547. The Morgan fingerprint density at radius 3 is 2.50 bits per heavy atom. The molecule has 0 bridgehead atoms. The van der Waals surface area contributed by atoms with Gasteiger partial charge < -0.3 is 5.32 Å². The van der Waals surface area contributed by atoms with Gasteiger partial charge in [-0.3, -0.25) is 4.79 Å². The minimum Gasteiger partial charge on any atom is -0.352 e. The molecule has 1 amide bonds. The molecule has 0 aromatic heterocycles. The van der Waals surface area contributed by atoms with Crippen LogP contribution >= 0.6 is 11.6 Å². The van der Waals surface area contributed by atoms with Gasteiger partial charge in [0.1, 0.15) is 5.38 Å². The molecule has 0 spiro atoms. The van der Waals surface area contributed by atoms with E-state index in [2.05, 4.69) is 12.2 Å². The van der Waals surface area contributed by atoms with Gasteiger partial charge in [-0.05, 0) is 19.3 Å². The number of carbonyl (C=O) groups is 1. The summed E-state index contributed by atoms with van der Waals surface area (Å²) in [6.07, 6.45) is 13.0. The van der Waals surface area contributed by atoms with E-state index in [1.165, 1.54) is 44.9 Å². The van der Waals surface area contributed by atoms with Gasteiger partial charge in [-0.25, -0.2) is 0 Å². The Bertz CT molecular complexity index is 227. The van der Waals surface area contributed by atoms with Crippen molar-refractivity contribution in [1.29, 1.82) is 0 Å². The Morgan fingerprint density at radius 1 is 1.17 bits per heavy atom. The van der Waals surface area contributed by atoms with Gasteiger partial charge in [0.25, 0.3) is 0 Å². The summed E-state index contributed by atoms with van der Waals surface area (Å²) in [7, 11) is 0. The normalized spacial score (nSPS) is 18.6. The molecule has 18 heavy (non-hydrogen) atoms.